The number of hydrogen-bond acceptors (Lipinski definition) is 7. The summed E-state index contributed by atoms with van der Waals surface area (Å²) in [5.74, 6) is 0. The van der Waals surface area contributed by atoms with E-state index in [0.29, 0.717) is 10.5 Å². The van der Waals surface area contributed by atoms with E-state index in [1.807, 2.05) is 31.2 Å². The van der Waals surface area contributed by atoms with Gasteiger partial charge in [-0.3, -0.25) is 4.79 Å². The predicted molar refractivity (Wildman–Crippen MR) is 107 cm³/mol. The van der Waals surface area contributed by atoms with E-state index >= 15 is 0 Å². The van der Waals surface area contributed by atoms with Crippen molar-refractivity contribution in [3.63, 3.8) is 0 Å². The smallest absolute Gasteiger partial charge is 0.275 e. The van der Waals surface area contributed by atoms with E-state index in [-0.39, 0.29) is 5.56 Å². The third-order valence-corrected chi connectivity index (χ3v) is 5.75. The fourth-order valence-electron chi connectivity index (χ4n) is 3.35. The molecule has 0 amide bonds. The molecule has 0 unspecified atom stereocenters. The van der Waals surface area contributed by atoms with Crippen LogP contribution < -0.4 is 15.4 Å². The van der Waals surface area contributed by atoms with E-state index in [4.69, 9.17) is 0 Å². The molecule has 0 N–H and O–H groups in total. The van der Waals surface area contributed by atoms with Gasteiger partial charge in [-0.15, -0.1) is 5.10 Å². The second kappa shape index (κ2) is 7.37. The first-order valence-corrected chi connectivity index (χ1v) is 9.90. The second-order valence-electron chi connectivity index (χ2n) is 6.47. The Balaban J connectivity index is 1.58. The number of fused-ring (bicyclic) bond motifs is 1. The number of aromatic nitrogens is 3. The summed E-state index contributed by atoms with van der Waals surface area (Å²) in [6, 6.07) is 11.6. The molecule has 3 heterocycles. The molecule has 8 heteroatoms. The molecule has 4 rings (SSSR count). The van der Waals surface area contributed by atoms with Crippen molar-refractivity contribution in [1.29, 1.82) is 5.26 Å². The molecular weight excluding hydrogens is 360 g/mol. The number of para-hydroxylation sites is 1. The van der Waals surface area contributed by atoms with Crippen LogP contribution in [0.1, 0.15) is 24.6 Å². The lowest BCUT2D eigenvalue weighted by Gasteiger charge is -2.24. The lowest BCUT2D eigenvalue weighted by molar-refractivity contribution is 0.784. The predicted octanol–water partition coefficient (Wildman–Crippen LogP) is 2.30. The van der Waals surface area contributed by atoms with Gasteiger partial charge in [0.2, 0.25) is 10.1 Å². The standard InChI is InChI=1S/C19H20N6OS/c1-2-15-12-17(26)25-18(21-15)27-19(22-25)24-9-5-8-23(10-11-24)16-7-4-3-6-14(16)13-20/h3-4,6-7,12H,2,5,8-11H2,1H3. The van der Waals surface area contributed by atoms with E-state index in [1.165, 1.54) is 15.9 Å². The summed E-state index contributed by atoms with van der Waals surface area (Å²) in [7, 11) is 0. The Kier molecular flexibility index (Phi) is 4.77. The van der Waals surface area contributed by atoms with Crippen LogP contribution in [-0.4, -0.2) is 40.8 Å². The van der Waals surface area contributed by atoms with Gasteiger partial charge in [-0.25, -0.2) is 4.98 Å². The monoisotopic (exact) mass is 380 g/mol. The van der Waals surface area contributed by atoms with Crippen molar-refractivity contribution in [1.82, 2.24) is 14.6 Å². The van der Waals surface area contributed by atoms with Crippen molar-refractivity contribution in [2.45, 2.75) is 19.8 Å². The van der Waals surface area contributed by atoms with Gasteiger partial charge in [0.25, 0.3) is 5.56 Å². The Labute approximate surface area is 161 Å². The highest BCUT2D eigenvalue weighted by Crippen LogP contribution is 2.25. The van der Waals surface area contributed by atoms with Crippen LogP contribution in [-0.2, 0) is 6.42 Å². The number of aryl methyl sites for hydroxylation is 1. The molecular formula is C19H20N6OS. The maximum Gasteiger partial charge on any atom is 0.275 e. The van der Waals surface area contributed by atoms with E-state index in [0.717, 1.165) is 55.5 Å². The van der Waals surface area contributed by atoms with Gasteiger partial charge in [-0.05, 0) is 25.0 Å². The minimum Gasteiger partial charge on any atom is -0.369 e. The molecule has 0 bridgehead atoms. The first kappa shape index (κ1) is 17.5. The van der Waals surface area contributed by atoms with Crippen molar-refractivity contribution >= 4 is 27.1 Å². The normalized spacial score (nSPS) is 15.0. The van der Waals surface area contributed by atoms with Crippen molar-refractivity contribution in [3.8, 4) is 6.07 Å². The molecule has 7 nitrogen and oxygen atoms in total. The Bertz CT molecular complexity index is 1070. The number of hydrogen-bond donors (Lipinski definition) is 0. The molecule has 0 saturated carbocycles. The number of nitriles is 1. The lowest BCUT2D eigenvalue weighted by atomic mass is 10.1. The lowest BCUT2D eigenvalue weighted by Crippen LogP contribution is -2.31. The van der Waals surface area contributed by atoms with Crippen molar-refractivity contribution in [2.75, 3.05) is 36.0 Å². The van der Waals surface area contributed by atoms with Crippen LogP contribution in [0.15, 0.2) is 35.1 Å². The molecule has 1 aromatic carbocycles. The summed E-state index contributed by atoms with van der Waals surface area (Å²) >= 11 is 1.46. The van der Waals surface area contributed by atoms with Gasteiger partial charge in [0.05, 0.1) is 11.3 Å². The van der Waals surface area contributed by atoms with Crippen LogP contribution in [0.25, 0.3) is 4.96 Å². The topological polar surface area (TPSA) is 77.5 Å². The quantitative estimate of drug-likeness (QED) is 0.694. The molecule has 138 valence electrons. The second-order valence-corrected chi connectivity index (χ2v) is 7.41. The highest BCUT2D eigenvalue weighted by molar-refractivity contribution is 7.20. The summed E-state index contributed by atoms with van der Waals surface area (Å²) in [5.41, 5.74) is 2.36. The number of benzene rings is 1. The van der Waals surface area contributed by atoms with Crippen molar-refractivity contribution in [2.24, 2.45) is 0 Å². The minimum atomic E-state index is -0.126. The Morgan fingerprint density at radius 3 is 2.78 bits per heavy atom. The van der Waals surface area contributed by atoms with Gasteiger partial charge in [0.15, 0.2) is 0 Å². The molecule has 1 aliphatic rings. The van der Waals surface area contributed by atoms with Gasteiger partial charge in [0, 0.05) is 37.9 Å². The van der Waals surface area contributed by atoms with Crippen LogP contribution >= 0.6 is 11.3 Å². The van der Waals surface area contributed by atoms with Gasteiger partial charge in [-0.1, -0.05) is 30.4 Å². The Morgan fingerprint density at radius 2 is 1.96 bits per heavy atom. The Morgan fingerprint density at radius 1 is 1.19 bits per heavy atom. The molecule has 1 fully saturated rings. The average Bonchev–Trinajstić information content (AvgIpc) is 2.98. The largest absolute Gasteiger partial charge is 0.369 e. The maximum atomic E-state index is 12.2. The van der Waals surface area contributed by atoms with Crippen LogP contribution in [0.5, 0.6) is 0 Å². The molecule has 1 aliphatic heterocycles. The third kappa shape index (κ3) is 3.38. The number of nitrogens with zero attached hydrogens (tertiary/aromatic N) is 6. The van der Waals surface area contributed by atoms with E-state index in [1.54, 1.807) is 6.07 Å². The fourth-order valence-corrected chi connectivity index (χ4v) is 4.33. The number of rotatable bonds is 3. The average molecular weight is 380 g/mol. The van der Waals surface area contributed by atoms with Gasteiger partial charge in [-0.2, -0.15) is 9.78 Å². The molecule has 0 aliphatic carbocycles. The highest BCUT2D eigenvalue weighted by atomic mass is 32.1. The molecule has 1 saturated heterocycles. The molecule has 3 aromatic rings. The molecule has 0 radical (unpaired) electrons. The Hall–Kier alpha value is -2.92. The van der Waals surface area contributed by atoms with Crippen LogP contribution in [0.3, 0.4) is 0 Å². The first-order chi connectivity index (χ1) is 13.2. The third-order valence-electron chi connectivity index (χ3n) is 4.78. The fraction of sp³-hybridized carbons (Fsp3) is 0.368. The molecule has 27 heavy (non-hydrogen) atoms. The van der Waals surface area contributed by atoms with Gasteiger partial charge < -0.3 is 9.80 Å². The van der Waals surface area contributed by atoms with Crippen LogP contribution in [0.2, 0.25) is 0 Å². The first-order valence-electron chi connectivity index (χ1n) is 9.08. The summed E-state index contributed by atoms with van der Waals surface area (Å²) in [6.07, 6.45) is 1.69. The summed E-state index contributed by atoms with van der Waals surface area (Å²) < 4.78 is 1.40. The molecule has 0 atom stereocenters. The minimum absolute atomic E-state index is 0.126. The van der Waals surface area contributed by atoms with Gasteiger partial charge in [0.1, 0.15) is 6.07 Å². The van der Waals surface area contributed by atoms with E-state index in [2.05, 4.69) is 26.0 Å². The molecule has 2 aromatic heterocycles. The zero-order chi connectivity index (χ0) is 18.8. The van der Waals surface area contributed by atoms with Crippen LogP contribution in [0, 0.1) is 11.3 Å². The zero-order valence-electron chi connectivity index (χ0n) is 15.1. The zero-order valence-corrected chi connectivity index (χ0v) is 15.9. The van der Waals surface area contributed by atoms with Crippen molar-refractivity contribution < 1.29 is 0 Å². The summed E-state index contributed by atoms with van der Waals surface area (Å²) in [5, 5.41) is 14.7. The van der Waals surface area contributed by atoms with Crippen LogP contribution in [0.4, 0.5) is 10.8 Å². The summed E-state index contributed by atoms with van der Waals surface area (Å²) in [4.78, 5) is 21.9. The van der Waals surface area contributed by atoms with E-state index in [9.17, 15) is 10.1 Å². The SMILES string of the molecule is CCc1cc(=O)n2nc(N3CCCN(c4ccccc4C#N)CC3)sc2n1. The summed E-state index contributed by atoms with van der Waals surface area (Å²) in [6.45, 7) is 5.33. The van der Waals surface area contributed by atoms with Crippen molar-refractivity contribution in [3.05, 3.63) is 51.9 Å². The maximum absolute atomic E-state index is 12.2. The van der Waals surface area contributed by atoms with Gasteiger partial charge >= 0.3 is 0 Å². The number of anilines is 2. The van der Waals surface area contributed by atoms with E-state index < -0.39 is 0 Å². The highest BCUT2D eigenvalue weighted by Gasteiger charge is 2.20. The molecule has 0 spiro atoms.